The summed E-state index contributed by atoms with van der Waals surface area (Å²) in [4.78, 5) is 4.36. The fraction of sp³-hybridized carbons (Fsp3) is 0.429. The average Bonchev–Trinajstić information content (AvgIpc) is 2.85. The van der Waals surface area contributed by atoms with E-state index in [1.807, 2.05) is 30.3 Å². The van der Waals surface area contributed by atoms with Gasteiger partial charge in [-0.3, -0.25) is 0 Å². The lowest BCUT2D eigenvalue weighted by Gasteiger charge is -2.08. The summed E-state index contributed by atoms with van der Waals surface area (Å²) < 4.78 is 5.21. The van der Waals surface area contributed by atoms with Gasteiger partial charge in [-0.15, -0.1) is 0 Å². The van der Waals surface area contributed by atoms with Crippen molar-refractivity contribution in [1.82, 2.24) is 10.1 Å². The number of rotatable bonds is 6. The lowest BCUT2D eigenvalue weighted by Crippen LogP contribution is -2.13. The molecule has 2 aromatic rings. The third-order valence-corrected chi connectivity index (χ3v) is 2.89. The van der Waals surface area contributed by atoms with Crippen LogP contribution >= 0.6 is 0 Å². The average molecular weight is 245 g/mol. The van der Waals surface area contributed by atoms with Crippen molar-refractivity contribution >= 4 is 0 Å². The molecule has 0 saturated heterocycles. The van der Waals surface area contributed by atoms with E-state index in [2.05, 4.69) is 17.1 Å². The maximum atomic E-state index is 6.11. The molecule has 0 aliphatic carbocycles. The summed E-state index contributed by atoms with van der Waals surface area (Å²) in [6, 6.07) is 9.88. The second-order valence-electron chi connectivity index (χ2n) is 4.43. The number of hydrogen-bond acceptors (Lipinski definition) is 4. The van der Waals surface area contributed by atoms with Crippen LogP contribution in [0.15, 0.2) is 34.9 Å². The molecule has 4 nitrogen and oxygen atoms in total. The van der Waals surface area contributed by atoms with Gasteiger partial charge in [-0.05, 0) is 12.0 Å². The van der Waals surface area contributed by atoms with Crippen LogP contribution < -0.4 is 5.73 Å². The molecule has 1 aromatic heterocycles. The molecule has 1 heterocycles. The zero-order valence-corrected chi connectivity index (χ0v) is 10.7. The molecule has 0 bridgehead atoms. The Kier molecular flexibility index (Phi) is 4.47. The number of nitrogens with two attached hydrogens (primary N) is 1. The first-order valence-corrected chi connectivity index (χ1v) is 6.41. The van der Waals surface area contributed by atoms with E-state index in [1.54, 1.807) is 0 Å². The molecule has 0 amide bonds. The first-order valence-electron chi connectivity index (χ1n) is 6.41. The lowest BCUT2D eigenvalue weighted by atomic mass is 10.1. The van der Waals surface area contributed by atoms with E-state index in [1.165, 1.54) is 0 Å². The molecule has 0 radical (unpaired) electrons. The van der Waals surface area contributed by atoms with Gasteiger partial charge in [0.1, 0.15) is 0 Å². The van der Waals surface area contributed by atoms with Crippen molar-refractivity contribution in [2.45, 2.75) is 38.6 Å². The third-order valence-electron chi connectivity index (χ3n) is 2.89. The van der Waals surface area contributed by atoms with Gasteiger partial charge in [0.15, 0.2) is 5.82 Å². The molecule has 1 atom stereocenters. The molecular formula is C14H19N3O. The van der Waals surface area contributed by atoms with Gasteiger partial charge >= 0.3 is 0 Å². The van der Waals surface area contributed by atoms with E-state index in [4.69, 9.17) is 10.3 Å². The van der Waals surface area contributed by atoms with Crippen LogP contribution in [0, 0.1) is 0 Å². The van der Waals surface area contributed by atoms with E-state index in [9.17, 15) is 0 Å². The van der Waals surface area contributed by atoms with Crippen molar-refractivity contribution in [3.05, 3.63) is 47.6 Å². The molecule has 0 fully saturated rings. The lowest BCUT2D eigenvalue weighted by molar-refractivity contribution is 0.364. The smallest absolute Gasteiger partial charge is 0.228 e. The second kappa shape index (κ2) is 6.31. The molecule has 0 aliphatic heterocycles. The van der Waals surface area contributed by atoms with Crippen LogP contribution in [0.5, 0.6) is 0 Å². The Labute approximate surface area is 107 Å². The highest BCUT2D eigenvalue weighted by molar-refractivity contribution is 5.19. The number of aromatic nitrogens is 2. The molecular weight excluding hydrogens is 226 g/mol. The van der Waals surface area contributed by atoms with E-state index in [0.717, 1.165) is 30.7 Å². The monoisotopic (exact) mass is 245 g/mol. The van der Waals surface area contributed by atoms with Crippen LogP contribution in [-0.4, -0.2) is 10.1 Å². The van der Waals surface area contributed by atoms with Gasteiger partial charge < -0.3 is 10.3 Å². The molecule has 0 saturated carbocycles. The number of nitrogens with zero attached hydrogens (tertiary/aromatic N) is 2. The molecule has 1 aromatic carbocycles. The number of hydrogen-bond donors (Lipinski definition) is 1. The van der Waals surface area contributed by atoms with Crippen LogP contribution in [0.2, 0.25) is 0 Å². The summed E-state index contributed by atoms with van der Waals surface area (Å²) in [5, 5.41) is 3.96. The number of unbranched alkanes of at least 4 members (excludes halogenated alkanes) is 1. The Balaban J connectivity index is 1.95. The first-order chi connectivity index (χ1) is 8.79. The van der Waals surface area contributed by atoms with Crippen LogP contribution in [0.4, 0.5) is 0 Å². The fourth-order valence-corrected chi connectivity index (χ4v) is 1.82. The zero-order valence-electron chi connectivity index (χ0n) is 10.7. The molecule has 2 N–H and O–H groups in total. The summed E-state index contributed by atoms with van der Waals surface area (Å²) in [5.74, 6) is 1.41. The Morgan fingerprint density at radius 1 is 1.28 bits per heavy atom. The van der Waals surface area contributed by atoms with E-state index in [0.29, 0.717) is 12.3 Å². The minimum Gasteiger partial charge on any atom is -0.339 e. The summed E-state index contributed by atoms with van der Waals surface area (Å²) >= 11 is 0. The van der Waals surface area contributed by atoms with Crippen molar-refractivity contribution < 1.29 is 4.52 Å². The van der Waals surface area contributed by atoms with Gasteiger partial charge in [-0.25, -0.2) is 0 Å². The largest absolute Gasteiger partial charge is 0.339 e. The van der Waals surface area contributed by atoms with Crippen LogP contribution in [0.1, 0.15) is 43.1 Å². The summed E-state index contributed by atoms with van der Waals surface area (Å²) in [6.45, 7) is 2.15. The Hall–Kier alpha value is -1.68. The maximum Gasteiger partial charge on any atom is 0.228 e. The Morgan fingerprint density at radius 2 is 2.06 bits per heavy atom. The van der Waals surface area contributed by atoms with Crippen LogP contribution in [0.3, 0.4) is 0 Å². The van der Waals surface area contributed by atoms with Crippen molar-refractivity contribution in [2.75, 3.05) is 0 Å². The molecule has 96 valence electrons. The summed E-state index contributed by atoms with van der Waals surface area (Å²) in [5.41, 5.74) is 7.20. The molecule has 1 unspecified atom stereocenters. The SMILES string of the molecule is CCCCc1noc(CC(N)c2ccccc2)n1. The molecule has 0 spiro atoms. The predicted octanol–water partition coefficient (Wildman–Crippen LogP) is 2.65. The Morgan fingerprint density at radius 3 is 2.78 bits per heavy atom. The third kappa shape index (κ3) is 3.40. The molecule has 18 heavy (non-hydrogen) atoms. The Bertz CT molecular complexity index is 467. The van der Waals surface area contributed by atoms with Gasteiger partial charge in [0.25, 0.3) is 0 Å². The fourth-order valence-electron chi connectivity index (χ4n) is 1.82. The van der Waals surface area contributed by atoms with Crippen LogP contribution in [-0.2, 0) is 12.8 Å². The second-order valence-corrected chi connectivity index (χ2v) is 4.43. The highest BCUT2D eigenvalue weighted by atomic mass is 16.5. The van der Waals surface area contributed by atoms with Crippen molar-refractivity contribution in [3.8, 4) is 0 Å². The van der Waals surface area contributed by atoms with Gasteiger partial charge in [0.2, 0.25) is 5.89 Å². The molecule has 4 heteroatoms. The first kappa shape index (κ1) is 12.8. The quantitative estimate of drug-likeness (QED) is 0.849. The summed E-state index contributed by atoms with van der Waals surface area (Å²) in [7, 11) is 0. The van der Waals surface area contributed by atoms with Gasteiger partial charge in [-0.1, -0.05) is 48.8 Å². The minimum absolute atomic E-state index is 0.0920. The highest BCUT2D eigenvalue weighted by Crippen LogP contribution is 2.14. The minimum atomic E-state index is -0.0920. The van der Waals surface area contributed by atoms with Gasteiger partial charge in [0.05, 0.1) is 0 Å². The van der Waals surface area contributed by atoms with Crippen molar-refractivity contribution in [2.24, 2.45) is 5.73 Å². The van der Waals surface area contributed by atoms with Crippen molar-refractivity contribution in [3.63, 3.8) is 0 Å². The zero-order chi connectivity index (χ0) is 12.8. The topological polar surface area (TPSA) is 64.9 Å². The van der Waals surface area contributed by atoms with Crippen molar-refractivity contribution in [1.29, 1.82) is 0 Å². The number of aryl methyl sites for hydroxylation is 1. The van der Waals surface area contributed by atoms with Gasteiger partial charge in [0, 0.05) is 18.9 Å². The predicted molar refractivity (Wildman–Crippen MR) is 70.0 cm³/mol. The summed E-state index contributed by atoms with van der Waals surface area (Å²) in [6.07, 6.45) is 3.68. The standard InChI is InChI=1S/C14H19N3O/c1-2-3-9-13-16-14(18-17-13)10-12(15)11-7-5-4-6-8-11/h4-8,12H,2-3,9-10,15H2,1H3. The number of benzene rings is 1. The normalized spacial score (nSPS) is 12.6. The maximum absolute atomic E-state index is 6.11. The highest BCUT2D eigenvalue weighted by Gasteiger charge is 2.12. The van der Waals surface area contributed by atoms with E-state index < -0.39 is 0 Å². The van der Waals surface area contributed by atoms with Gasteiger partial charge in [-0.2, -0.15) is 4.98 Å². The van der Waals surface area contributed by atoms with E-state index >= 15 is 0 Å². The van der Waals surface area contributed by atoms with Crippen LogP contribution in [0.25, 0.3) is 0 Å². The molecule has 0 aliphatic rings. The molecule has 2 rings (SSSR count). The van der Waals surface area contributed by atoms with E-state index in [-0.39, 0.29) is 6.04 Å².